The van der Waals surface area contributed by atoms with Crippen LogP contribution in [0.5, 0.6) is 0 Å². The third-order valence-corrected chi connectivity index (χ3v) is 3.78. The Morgan fingerprint density at radius 3 is 2.60 bits per heavy atom. The van der Waals surface area contributed by atoms with Crippen LogP contribution in [0.2, 0.25) is 5.02 Å². The molecule has 3 nitrogen and oxygen atoms in total. The number of aryl methyl sites for hydroxylation is 1. The first-order valence-electron chi connectivity index (χ1n) is 6.41. The Labute approximate surface area is 122 Å². The van der Waals surface area contributed by atoms with Gasteiger partial charge in [0.2, 0.25) is 0 Å². The number of hydrogen-bond donors (Lipinski definition) is 1. The van der Waals surface area contributed by atoms with Gasteiger partial charge in [-0.15, -0.1) is 0 Å². The summed E-state index contributed by atoms with van der Waals surface area (Å²) < 4.78 is 0. The van der Waals surface area contributed by atoms with Gasteiger partial charge in [0.15, 0.2) is 0 Å². The van der Waals surface area contributed by atoms with Gasteiger partial charge in [-0.25, -0.2) is 0 Å². The fourth-order valence-corrected chi connectivity index (χ4v) is 2.36. The molecule has 100 valence electrons. The molecule has 1 N–H and O–H groups in total. The standard InChI is InChI=1S/C16H14ClN3/c1-10-13(17)7-5-9-14(10)18-16-11(2)19-20-15-8-4-3-6-12(15)16/h3-9H,1-2H3,(H,18,20). The molecule has 0 atom stereocenters. The minimum Gasteiger partial charge on any atom is -0.353 e. The second kappa shape index (κ2) is 5.10. The molecule has 1 heterocycles. The predicted octanol–water partition coefficient (Wildman–Crippen LogP) is 4.64. The number of anilines is 2. The van der Waals surface area contributed by atoms with Crippen LogP contribution in [0.3, 0.4) is 0 Å². The maximum atomic E-state index is 6.17. The Bertz CT molecular complexity index is 784. The molecule has 0 aliphatic heterocycles. The van der Waals surface area contributed by atoms with E-state index in [1.165, 1.54) is 0 Å². The summed E-state index contributed by atoms with van der Waals surface area (Å²) in [6, 6.07) is 13.8. The van der Waals surface area contributed by atoms with E-state index in [0.29, 0.717) is 0 Å². The molecular formula is C16H14ClN3. The van der Waals surface area contributed by atoms with Crippen LogP contribution in [0.1, 0.15) is 11.3 Å². The quantitative estimate of drug-likeness (QED) is 0.744. The highest BCUT2D eigenvalue weighted by Gasteiger charge is 2.09. The normalized spacial score (nSPS) is 10.8. The van der Waals surface area contributed by atoms with E-state index in [9.17, 15) is 0 Å². The van der Waals surface area contributed by atoms with Gasteiger partial charge in [-0.05, 0) is 37.6 Å². The molecule has 0 bridgehead atoms. The van der Waals surface area contributed by atoms with Crippen LogP contribution in [0.4, 0.5) is 11.4 Å². The molecule has 0 fully saturated rings. The first-order chi connectivity index (χ1) is 9.66. The highest BCUT2D eigenvalue weighted by Crippen LogP contribution is 2.30. The van der Waals surface area contributed by atoms with Crippen LogP contribution >= 0.6 is 11.6 Å². The summed E-state index contributed by atoms with van der Waals surface area (Å²) in [5.41, 5.74) is 4.72. The van der Waals surface area contributed by atoms with E-state index in [-0.39, 0.29) is 0 Å². The van der Waals surface area contributed by atoms with Gasteiger partial charge >= 0.3 is 0 Å². The molecule has 3 aromatic rings. The summed E-state index contributed by atoms with van der Waals surface area (Å²) in [6.45, 7) is 3.94. The van der Waals surface area contributed by atoms with Gasteiger partial charge in [0.05, 0.1) is 16.9 Å². The van der Waals surface area contributed by atoms with Gasteiger partial charge in [0.25, 0.3) is 0 Å². The monoisotopic (exact) mass is 283 g/mol. The number of nitrogens with zero attached hydrogens (tertiary/aromatic N) is 2. The van der Waals surface area contributed by atoms with Crippen molar-refractivity contribution in [2.45, 2.75) is 13.8 Å². The van der Waals surface area contributed by atoms with Crippen LogP contribution in [0, 0.1) is 13.8 Å². The van der Waals surface area contributed by atoms with E-state index in [1.807, 2.05) is 56.3 Å². The van der Waals surface area contributed by atoms with Crippen molar-refractivity contribution in [3.8, 4) is 0 Å². The van der Waals surface area contributed by atoms with E-state index in [2.05, 4.69) is 15.5 Å². The second-order valence-electron chi connectivity index (χ2n) is 4.71. The smallest absolute Gasteiger partial charge is 0.0950 e. The van der Waals surface area contributed by atoms with Crippen molar-refractivity contribution in [2.75, 3.05) is 5.32 Å². The fourth-order valence-electron chi connectivity index (χ4n) is 2.18. The first-order valence-corrected chi connectivity index (χ1v) is 6.79. The lowest BCUT2D eigenvalue weighted by Crippen LogP contribution is -2.00. The molecule has 0 unspecified atom stereocenters. The van der Waals surface area contributed by atoms with Crippen molar-refractivity contribution >= 4 is 33.9 Å². The number of hydrogen-bond acceptors (Lipinski definition) is 3. The summed E-state index contributed by atoms with van der Waals surface area (Å²) in [5.74, 6) is 0. The number of halogens is 1. The maximum absolute atomic E-state index is 6.17. The average Bonchev–Trinajstić information content (AvgIpc) is 2.46. The van der Waals surface area contributed by atoms with Crippen molar-refractivity contribution in [1.82, 2.24) is 10.2 Å². The fraction of sp³-hybridized carbons (Fsp3) is 0.125. The Hall–Kier alpha value is -2.13. The number of fused-ring (bicyclic) bond motifs is 1. The van der Waals surface area contributed by atoms with Gasteiger partial charge in [-0.2, -0.15) is 10.2 Å². The number of nitrogens with one attached hydrogen (secondary N) is 1. The average molecular weight is 284 g/mol. The topological polar surface area (TPSA) is 37.8 Å². The summed E-state index contributed by atoms with van der Waals surface area (Å²) in [7, 11) is 0. The van der Waals surface area contributed by atoms with Crippen molar-refractivity contribution in [3.63, 3.8) is 0 Å². The highest BCUT2D eigenvalue weighted by atomic mass is 35.5. The molecule has 0 radical (unpaired) electrons. The molecule has 4 heteroatoms. The van der Waals surface area contributed by atoms with Gasteiger partial charge in [-0.1, -0.05) is 35.9 Å². The Kier molecular flexibility index (Phi) is 3.28. The molecule has 0 spiro atoms. The van der Waals surface area contributed by atoms with Crippen molar-refractivity contribution in [1.29, 1.82) is 0 Å². The molecular weight excluding hydrogens is 270 g/mol. The molecule has 0 saturated carbocycles. The third kappa shape index (κ3) is 2.21. The Morgan fingerprint density at radius 1 is 0.950 bits per heavy atom. The van der Waals surface area contributed by atoms with E-state index >= 15 is 0 Å². The molecule has 1 aromatic heterocycles. The zero-order valence-electron chi connectivity index (χ0n) is 11.3. The van der Waals surface area contributed by atoms with Gasteiger partial charge < -0.3 is 5.32 Å². The lowest BCUT2D eigenvalue weighted by molar-refractivity contribution is 1.02. The maximum Gasteiger partial charge on any atom is 0.0950 e. The number of aromatic nitrogens is 2. The molecule has 2 aromatic carbocycles. The molecule has 0 saturated heterocycles. The van der Waals surface area contributed by atoms with Gasteiger partial charge in [0.1, 0.15) is 0 Å². The van der Waals surface area contributed by atoms with Gasteiger partial charge in [0, 0.05) is 16.1 Å². The van der Waals surface area contributed by atoms with Crippen LogP contribution in [0.15, 0.2) is 42.5 Å². The van der Waals surface area contributed by atoms with E-state index in [4.69, 9.17) is 11.6 Å². The first kappa shape index (κ1) is 12.9. The summed E-state index contributed by atoms with van der Waals surface area (Å²) in [4.78, 5) is 0. The highest BCUT2D eigenvalue weighted by molar-refractivity contribution is 6.31. The Morgan fingerprint density at radius 2 is 1.75 bits per heavy atom. The second-order valence-corrected chi connectivity index (χ2v) is 5.12. The minimum atomic E-state index is 0.749. The molecule has 0 aliphatic rings. The van der Waals surface area contributed by atoms with E-state index < -0.39 is 0 Å². The van der Waals surface area contributed by atoms with Crippen LogP contribution in [-0.4, -0.2) is 10.2 Å². The summed E-state index contributed by atoms with van der Waals surface area (Å²) in [6.07, 6.45) is 0. The molecule has 0 amide bonds. The SMILES string of the molecule is Cc1nnc2ccccc2c1Nc1cccc(Cl)c1C. The van der Waals surface area contributed by atoms with Crippen molar-refractivity contribution in [3.05, 3.63) is 58.7 Å². The van der Waals surface area contributed by atoms with Gasteiger partial charge in [-0.3, -0.25) is 0 Å². The predicted molar refractivity (Wildman–Crippen MR) is 83.7 cm³/mol. The van der Waals surface area contributed by atoms with Crippen LogP contribution in [-0.2, 0) is 0 Å². The van der Waals surface area contributed by atoms with E-state index in [0.717, 1.165) is 38.6 Å². The minimum absolute atomic E-state index is 0.749. The van der Waals surface area contributed by atoms with Crippen molar-refractivity contribution in [2.24, 2.45) is 0 Å². The van der Waals surface area contributed by atoms with Crippen LogP contribution in [0.25, 0.3) is 10.9 Å². The third-order valence-electron chi connectivity index (χ3n) is 3.37. The lowest BCUT2D eigenvalue weighted by Gasteiger charge is -2.14. The lowest BCUT2D eigenvalue weighted by atomic mass is 10.1. The molecule has 0 aliphatic carbocycles. The summed E-state index contributed by atoms with van der Waals surface area (Å²) >= 11 is 6.17. The number of rotatable bonds is 2. The zero-order chi connectivity index (χ0) is 14.1. The van der Waals surface area contributed by atoms with Crippen molar-refractivity contribution < 1.29 is 0 Å². The Balaban J connectivity index is 2.15. The summed E-state index contributed by atoms with van der Waals surface area (Å²) in [5, 5.41) is 13.7. The largest absolute Gasteiger partial charge is 0.353 e. The zero-order valence-corrected chi connectivity index (χ0v) is 12.1. The number of benzene rings is 2. The molecule has 20 heavy (non-hydrogen) atoms. The van der Waals surface area contributed by atoms with E-state index in [1.54, 1.807) is 0 Å². The van der Waals surface area contributed by atoms with Crippen LogP contribution < -0.4 is 5.32 Å². The molecule has 3 rings (SSSR count).